The van der Waals surface area contributed by atoms with E-state index in [-0.39, 0.29) is 11.5 Å². The molecule has 0 aromatic heterocycles. The van der Waals surface area contributed by atoms with Crippen molar-refractivity contribution in [2.24, 2.45) is 0 Å². The van der Waals surface area contributed by atoms with Crippen LogP contribution in [0.5, 0.6) is 0 Å². The predicted octanol–water partition coefficient (Wildman–Crippen LogP) is 3.51. The van der Waals surface area contributed by atoms with Gasteiger partial charge < -0.3 is 5.32 Å². The second-order valence-corrected chi connectivity index (χ2v) is 5.46. The molecule has 2 rings (SSSR count). The summed E-state index contributed by atoms with van der Waals surface area (Å²) in [5.41, 5.74) is 1.23. The zero-order valence-electron chi connectivity index (χ0n) is 13.3. The van der Waals surface area contributed by atoms with Gasteiger partial charge in [0.1, 0.15) is 11.6 Å². The zero-order chi connectivity index (χ0) is 17.7. The van der Waals surface area contributed by atoms with Gasteiger partial charge in [-0.15, -0.1) is 0 Å². The van der Waals surface area contributed by atoms with Crippen molar-refractivity contribution in [2.75, 3.05) is 5.32 Å². The lowest BCUT2D eigenvalue weighted by molar-refractivity contribution is -0.117. The average molecular weight is 329 g/mol. The average Bonchev–Trinajstić information content (AvgIpc) is 2.54. The van der Waals surface area contributed by atoms with Gasteiger partial charge in [0.05, 0.1) is 17.7 Å². The first-order valence-electron chi connectivity index (χ1n) is 7.42. The summed E-state index contributed by atoms with van der Waals surface area (Å²) in [4.78, 5) is 12.2. The minimum atomic E-state index is -0.663. The Morgan fingerprint density at radius 1 is 1.17 bits per heavy atom. The number of halogens is 2. The standard InChI is InChI=1S/C18H17F2N3O/c1-11(16-7-6-14(19)9-17(16)20)22-12(2)18(24)23-15-5-3-4-13(8-15)10-21/h3-9,11-12,22H,1-2H3,(H,23,24)/t11-,12-/m1/s1. The fourth-order valence-electron chi connectivity index (χ4n) is 2.31. The van der Waals surface area contributed by atoms with E-state index in [1.165, 1.54) is 12.1 Å². The van der Waals surface area contributed by atoms with Gasteiger partial charge in [-0.1, -0.05) is 12.1 Å². The van der Waals surface area contributed by atoms with E-state index in [2.05, 4.69) is 10.6 Å². The summed E-state index contributed by atoms with van der Waals surface area (Å²) in [6.07, 6.45) is 0. The summed E-state index contributed by atoms with van der Waals surface area (Å²) in [7, 11) is 0. The summed E-state index contributed by atoms with van der Waals surface area (Å²) in [5.74, 6) is -1.63. The molecule has 4 nitrogen and oxygen atoms in total. The van der Waals surface area contributed by atoms with E-state index in [1.807, 2.05) is 6.07 Å². The number of nitrogens with zero attached hydrogens (tertiary/aromatic N) is 1. The normalized spacial score (nSPS) is 13.0. The number of amides is 1. The Balaban J connectivity index is 2.01. The van der Waals surface area contributed by atoms with Gasteiger partial charge in [-0.05, 0) is 38.1 Å². The van der Waals surface area contributed by atoms with E-state index >= 15 is 0 Å². The second kappa shape index (κ2) is 7.66. The van der Waals surface area contributed by atoms with Gasteiger partial charge in [0.2, 0.25) is 5.91 Å². The number of nitriles is 1. The number of carbonyl (C=O) groups excluding carboxylic acids is 1. The van der Waals surface area contributed by atoms with Crippen molar-refractivity contribution in [3.63, 3.8) is 0 Å². The molecule has 2 aromatic carbocycles. The van der Waals surface area contributed by atoms with Crippen LogP contribution in [0, 0.1) is 23.0 Å². The highest BCUT2D eigenvalue weighted by Crippen LogP contribution is 2.18. The van der Waals surface area contributed by atoms with Crippen LogP contribution in [0.4, 0.5) is 14.5 Å². The third-order valence-corrected chi connectivity index (χ3v) is 3.58. The van der Waals surface area contributed by atoms with Crippen LogP contribution in [0.1, 0.15) is 31.0 Å². The molecule has 0 spiro atoms. The quantitative estimate of drug-likeness (QED) is 0.882. The van der Waals surface area contributed by atoms with Gasteiger partial charge in [-0.3, -0.25) is 10.1 Å². The van der Waals surface area contributed by atoms with Crippen molar-refractivity contribution >= 4 is 11.6 Å². The van der Waals surface area contributed by atoms with Crippen molar-refractivity contribution in [1.29, 1.82) is 5.26 Å². The summed E-state index contributed by atoms with van der Waals surface area (Å²) >= 11 is 0. The van der Waals surface area contributed by atoms with Crippen LogP contribution in [0.15, 0.2) is 42.5 Å². The zero-order valence-corrected chi connectivity index (χ0v) is 13.3. The van der Waals surface area contributed by atoms with Crippen LogP contribution in [0.3, 0.4) is 0 Å². The van der Waals surface area contributed by atoms with E-state index in [9.17, 15) is 13.6 Å². The predicted molar refractivity (Wildman–Crippen MR) is 87.2 cm³/mol. The highest BCUT2D eigenvalue weighted by molar-refractivity contribution is 5.94. The second-order valence-electron chi connectivity index (χ2n) is 5.46. The highest BCUT2D eigenvalue weighted by Gasteiger charge is 2.18. The van der Waals surface area contributed by atoms with Crippen LogP contribution in [0.2, 0.25) is 0 Å². The first-order chi connectivity index (χ1) is 11.4. The minimum absolute atomic E-state index is 0.280. The third-order valence-electron chi connectivity index (χ3n) is 3.58. The minimum Gasteiger partial charge on any atom is -0.325 e. The van der Waals surface area contributed by atoms with E-state index < -0.39 is 23.7 Å². The largest absolute Gasteiger partial charge is 0.325 e. The Hall–Kier alpha value is -2.78. The fourth-order valence-corrected chi connectivity index (χ4v) is 2.31. The van der Waals surface area contributed by atoms with Gasteiger partial charge >= 0.3 is 0 Å². The number of benzene rings is 2. The van der Waals surface area contributed by atoms with Gasteiger partial charge in [0.15, 0.2) is 0 Å². The smallest absolute Gasteiger partial charge is 0.241 e. The van der Waals surface area contributed by atoms with Crippen molar-refractivity contribution in [2.45, 2.75) is 25.9 Å². The molecule has 24 heavy (non-hydrogen) atoms. The number of hydrogen-bond donors (Lipinski definition) is 2. The van der Waals surface area contributed by atoms with Crippen molar-refractivity contribution in [3.05, 3.63) is 65.2 Å². The first-order valence-corrected chi connectivity index (χ1v) is 7.42. The fraction of sp³-hybridized carbons (Fsp3) is 0.222. The van der Waals surface area contributed by atoms with Crippen molar-refractivity contribution in [1.82, 2.24) is 5.32 Å². The Labute approximate surface area is 139 Å². The lowest BCUT2D eigenvalue weighted by Gasteiger charge is -2.20. The summed E-state index contributed by atoms with van der Waals surface area (Å²) in [5, 5.41) is 14.5. The first kappa shape index (κ1) is 17.6. The van der Waals surface area contributed by atoms with Gasteiger partial charge in [-0.2, -0.15) is 5.26 Å². The molecule has 0 fully saturated rings. The molecule has 0 heterocycles. The third kappa shape index (κ3) is 4.37. The maximum Gasteiger partial charge on any atom is 0.241 e. The Kier molecular flexibility index (Phi) is 5.61. The van der Waals surface area contributed by atoms with E-state index in [4.69, 9.17) is 5.26 Å². The molecule has 2 N–H and O–H groups in total. The summed E-state index contributed by atoms with van der Waals surface area (Å²) in [6.45, 7) is 3.33. The van der Waals surface area contributed by atoms with Crippen molar-refractivity contribution < 1.29 is 13.6 Å². The molecule has 2 aromatic rings. The lowest BCUT2D eigenvalue weighted by atomic mass is 10.1. The molecule has 0 bridgehead atoms. The van der Waals surface area contributed by atoms with Crippen LogP contribution in [-0.2, 0) is 4.79 Å². The Bertz CT molecular complexity index is 786. The number of nitrogens with one attached hydrogen (secondary N) is 2. The molecule has 0 radical (unpaired) electrons. The topological polar surface area (TPSA) is 64.9 Å². The molecule has 0 aliphatic rings. The summed E-state index contributed by atoms with van der Waals surface area (Å²) < 4.78 is 26.7. The van der Waals surface area contributed by atoms with E-state index in [0.29, 0.717) is 11.3 Å². The molecule has 0 unspecified atom stereocenters. The monoisotopic (exact) mass is 329 g/mol. The number of hydrogen-bond acceptors (Lipinski definition) is 3. The Morgan fingerprint density at radius 3 is 2.58 bits per heavy atom. The SMILES string of the molecule is C[C@@H](N[C@H](C)c1ccc(F)cc1F)C(=O)Nc1cccc(C#N)c1. The highest BCUT2D eigenvalue weighted by atomic mass is 19.1. The molecule has 6 heteroatoms. The molecule has 0 aliphatic carbocycles. The van der Waals surface area contributed by atoms with Gasteiger partial charge in [0.25, 0.3) is 0 Å². The van der Waals surface area contributed by atoms with Crippen LogP contribution >= 0.6 is 0 Å². The molecule has 1 amide bonds. The van der Waals surface area contributed by atoms with Crippen molar-refractivity contribution in [3.8, 4) is 6.07 Å². The number of carbonyl (C=O) groups is 1. The maximum absolute atomic E-state index is 13.8. The molecular weight excluding hydrogens is 312 g/mol. The van der Waals surface area contributed by atoms with Gasteiger partial charge in [-0.25, -0.2) is 8.78 Å². The molecule has 0 saturated carbocycles. The number of anilines is 1. The van der Waals surface area contributed by atoms with E-state index in [1.54, 1.807) is 38.1 Å². The lowest BCUT2D eigenvalue weighted by Crippen LogP contribution is -2.39. The molecule has 0 aliphatic heterocycles. The van der Waals surface area contributed by atoms with Crippen LogP contribution in [-0.4, -0.2) is 11.9 Å². The Morgan fingerprint density at radius 2 is 1.92 bits per heavy atom. The molecule has 0 saturated heterocycles. The maximum atomic E-state index is 13.8. The molecular formula is C18H17F2N3O. The van der Waals surface area contributed by atoms with Crippen LogP contribution in [0.25, 0.3) is 0 Å². The van der Waals surface area contributed by atoms with Gasteiger partial charge in [0, 0.05) is 23.4 Å². The summed E-state index contributed by atoms with van der Waals surface area (Å²) in [6, 6.07) is 10.8. The van der Waals surface area contributed by atoms with E-state index in [0.717, 1.165) is 6.07 Å². The van der Waals surface area contributed by atoms with Crippen LogP contribution < -0.4 is 10.6 Å². The molecule has 124 valence electrons. The molecule has 2 atom stereocenters. The number of rotatable bonds is 5.